The van der Waals surface area contributed by atoms with Gasteiger partial charge in [0.1, 0.15) is 5.75 Å². The van der Waals surface area contributed by atoms with Crippen molar-refractivity contribution >= 4 is 23.2 Å². The fourth-order valence-corrected chi connectivity index (χ4v) is 2.93. The number of rotatable bonds is 4. The van der Waals surface area contributed by atoms with E-state index in [0.29, 0.717) is 23.7 Å². The first kappa shape index (κ1) is 16.9. The molecule has 6 nitrogen and oxygen atoms in total. The standard InChI is InChI=1S/C21H18N2O4/c1-14-4-6-15(7-5-14)12-23-17-11-16(8-9-18(17)27-13-20(23)24)22-21(25)19-3-2-10-26-19/h2-11H,12-13H2,1H3,(H,22,25). The second kappa shape index (κ2) is 6.99. The molecule has 2 aromatic carbocycles. The first-order chi connectivity index (χ1) is 13.1. The highest BCUT2D eigenvalue weighted by atomic mass is 16.5. The molecule has 27 heavy (non-hydrogen) atoms. The lowest BCUT2D eigenvalue weighted by molar-refractivity contribution is -0.121. The Morgan fingerprint density at radius 1 is 1.15 bits per heavy atom. The summed E-state index contributed by atoms with van der Waals surface area (Å²) in [6.45, 7) is 2.45. The van der Waals surface area contributed by atoms with Crippen LogP contribution >= 0.6 is 0 Å². The van der Waals surface area contributed by atoms with Crippen molar-refractivity contribution in [2.24, 2.45) is 0 Å². The summed E-state index contributed by atoms with van der Waals surface area (Å²) in [4.78, 5) is 26.3. The van der Waals surface area contributed by atoms with Gasteiger partial charge in [-0.1, -0.05) is 29.8 Å². The van der Waals surface area contributed by atoms with E-state index in [1.807, 2.05) is 31.2 Å². The quantitative estimate of drug-likeness (QED) is 0.767. The average Bonchev–Trinajstić information content (AvgIpc) is 3.21. The lowest BCUT2D eigenvalue weighted by Crippen LogP contribution is -2.38. The predicted molar refractivity (Wildman–Crippen MR) is 101 cm³/mol. The molecule has 0 bridgehead atoms. The van der Waals surface area contributed by atoms with Crippen molar-refractivity contribution in [3.8, 4) is 5.75 Å². The van der Waals surface area contributed by atoms with Gasteiger partial charge in [-0.05, 0) is 42.8 Å². The van der Waals surface area contributed by atoms with E-state index in [2.05, 4.69) is 5.32 Å². The third-order valence-corrected chi connectivity index (χ3v) is 4.37. The van der Waals surface area contributed by atoms with Crippen LogP contribution in [0.2, 0.25) is 0 Å². The highest BCUT2D eigenvalue weighted by Gasteiger charge is 2.26. The number of furan rings is 1. The highest BCUT2D eigenvalue weighted by Crippen LogP contribution is 2.35. The second-order valence-electron chi connectivity index (χ2n) is 6.37. The summed E-state index contributed by atoms with van der Waals surface area (Å²) in [7, 11) is 0. The van der Waals surface area contributed by atoms with Crippen molar-refractivity contribution in [3.63, 3.8) is 0 Å². The van der Waals surface area contributed by atoms with Crippen LogP contribution in [0.1, 0.15) is 21.7 Å². The fraction of sp³-hybridized carbons (Fsp3) is 0.143. The monoisotopic (exact) mass is 362 g/mol. The second-order valence-corrected chi connectivity index (χ2v) is 6.37. The molecule has 1 aliphatic rings. The van der Waals surface area contributed by atoms with Gasteiger partial charge in [-0.2, -0.15) is 0 Å². The number of nitrogens with zero attached hydrogens (tertiary/aromatic N) is 1. The molecule has 0 unspecified atom stereocenters. The number of anilines is 2. The van der Waals surface area contributed by atoms with Gasteiger partial charge in [0.25, 0.3) is 11.8 Å². The number of hydrogen-bond acceptors (Lipinski definition) is 4. The van der Waals surface area contributed by atoms with Crippen LogP contribution in [-0.4, -0.2) is 18.4 Å². The zero-order chi connectivity index (χ0) is 18.8. The third kappa shape index (κ3) is 3.55. The summed E-state index contributed by atoms with van der Waals surface area (Å²) in [6.07, 6.45) is 1.44. The van der Waals surface area contributed by atoms with Gasteiger partial charge in [0.15, 0.2) is 12.4 Å². The minimum atomic E-state index is -0.354. The zero-order valence-corrected chi connectivity index (χ0v) is 14.8. The van der Waals surface area contributed by atoms with E-state index >= 15 is 0 Å². The molecule has 2 heterocycles. The molecule has 6 heteroatoms. The van der Waals surface area contributed by atoms with Crippen LogP contribution in [0.4, 0.5) is 11.4 Å². The predicted octanol–water partition coefficient (Wildman–Crippen LogP) is 3.77. The minimum Gasteiger partial charge on any atom is -0.482 e. The number of hydrogen-bond donors (Lipinski definition) is 1. The van der Waals surface area contributed by atoms with Crippen molar-refractivity contribution in [1.82, 2.24) is 0 Å². The van der Waals surface area contributed by atoms with E-state index in [9.17, 15) is 9.59 Å². The number of benzene rings is 2. The summed E-state index contributed by atoms with van der Waals surface area (Å²) in [5.41, 5.74) is 3.37. The van der Waals surface area contributed by atoms with E-state index in [4.69, 9.17) is 9.15 Å². The molecule has 0 saturated heterocycles. The highest BCUT2D eigenvalue weighted by molar-refractivity contribution is 6.03. The van der Waals surface area contributed by atoms with Gasteiger partial charge in [0.2, 0.25) is 0 Å². The maximum absolute atomic E-state index is 12.4. The number of nitrogens with one attached hydrogen (secondary N) is 1. The largest absolute Gasteiger partial charge is 0.482 e. The van der Waals surface area contributed by atoms with Crippen LogP contribution in [0.25, 0.3) is 0 Å². The lowest BCUT2D eigenvalue weighted by Gasteiger charge is -2.30. The van der Waals surface area contributed by atoms with E-state index in [1.54, 1.807) is 35.2 Å². The Hall–Kier alpha value is -3.54. The van der Waals surface area contributed by atoms with Crippen LogP contribution in [0.15, 0.2) is 65.3 Å². The van der Waals surface area contributed by atoms with Gasteiger partial charge in [0.05, 0.1) is 18.5 Å². The number of carbonyl (C=O) groups excluding carboxylic acids is 2. The minimum absolute atomic E-state index is 0.00301. The molecule has 2 amide bonds. The first-order valence-electron chi connectivity index (χ1n) is 8.58. The molecule has 0 radical (unpaired) electrons. The molecule has 3 aromatic rings. The van der Waals surface area contributed by atoms with Crippen molar-refractivity contribution < 1.29 is 18.7 Å². The number of fused-ring (bicyclic) bond motifs is 1. The van der Waals surface area contributed by atoms with E-state index < -0.39 is 0 Å². The average molecular weight is 362 g/mol. The molecule has 0 saturated carbocycles. The number of ether oxygens (including phenoxy) is 1. The van der Waals surface area contributed by atoms with Crippen molar-refractivity contribution in [2.75, 3.05) is 16.8 Å². The summed E-state index contributed by atoms with van der Waals surface area (Å²) in [6, 6.07) is 16.5. The molecule has 0 spiro atoms. The molecule has 1 aliphatic heterocycles. The van der Waals surface area contributed by atoms with Crippen LogP contribution in [0.3, 0.4) is 0 Å². The molecule has 136 valence electrons. The number of amides is 2. The summed E-state index contributed by atoms with van der Waals surface area (Å²) in [5, 5.41) is 2.77. The molecule has 0 fully saturated rings. The smallest absolute Gasteiger partial charge is 0.291 e. The molecular formula is C21H18N2O4. The topological polar surface area (TPSA) is 71.8 Å². The van der Waals surface area contributed by atoms with Crippen molar-refractivity contribution in [2.45, 2.75) is 13.5 Å². The maximum Gasteiger partial charge on any atom is 0.291 e. The Morgan fingerprint density at radius 3 is 2.70 bits per heavy atom. The molecular weight excluding hydrogens is 344 g/mol. The van der Waals surface area contributed by atoms with Crippen molar-refractivity contribution in [1.29, 1.82) is 0 Å². The normalized spacial score (nSPS) is 13.1. The molecule has 0 aliphatic carbocycles. The van der Waals surface area contributed by atoms with Gasteiger partial charge in [0, 0.05) is 5.69 Å². The summed E-state index contributed by atoms with van der Waals surface area (Å²) >= 11 is 0. The zero-order valence-electron chi connectivity index (χ0n) is 14.8. The van der Waals surface area contributed by atoms with Crippen LogP contribution < -0.4 is 15.0 Å². The number of carbonyl (C=O) groups is 2. The maximum atomic E-state index is 12.4. The fourth-order valence-electron chi connectivity index (χ4n) is 2.93. The van der Waals surface area contributed by atoms with E-state index in [1.165, 1.54) is 6.26 Å². The van der Waals surface area contributed by atoms with Crippen LogP contribution in [-0.2, 0) is 11.3 Å². The Balaban J connectivity index is 1.61. The number of aryl methyl sites for hydroxylation is 1. The van der Waals surface area contributed by atoms with Crippen molar-refractivity contribution in [3.05, 3.63) is 77.7 Å². The van der Waals surface area contributed by atoms with E-state index in [0.717, 1.165) is 11.1 Å². The van der Waals surface area contributed by atoms with Gasteiger partial charge in [-0.3, -0.25) is 9.59 Å². The SMILES string of the molecule is Cc1ccc(CN2C(=O)COc3ccc(NC(=O)c4ccco4)cc32)cc1. The van der Waals surface area contributed by atoms with Crippen LogP contribution in [0.5, 0.6) is 5.75 Å². The summed E-state index contributed by atoms with van der Waals surface area (Å²) in [5.74, 6) is 0.347. The Labute approximate surface area is 156 Å². The first-order valence-corrected chi connectivity index (χ1v) is 8.58. The van der Waals surface area contributed by atoms with Gasteiger partial charge >= 0.3 is 0 Å². The molecule has 4 rings (SSSR count). The van der Waals surface area contributed by atoms with Gasteiger partial charge < -0.3 is 19.4 Å². The molecule has 1 aromatic heterocycles. The Morgan fingerprint density at radius 2 is 1.96 bits per heavy atom. The molecule has 1 N–H and O–H groups in total. The van der Waals surface area contributed by atoms with Crippen LogP contribution in [0, 0.1) is 6.92 Å². The summed E-state index contributed by atoms with van der Waals surface area (Å²) < 4.78 is 10.6. The lowest BCUT2D eigenvalue weighted by atomic mass is 10.1. The van der Waals surface area contributed by atoms with Gasteiger partial charge in [-0.25, -0.2) is 0 Å². The van der Waals surface area contributed by atoms with Gasteiger partial charge in [-0.15, -0.1) is 0 Å². The Kier molecular flexibility index (Phi) is 4.38. The Bertz CT molecular complexity index is 978. The molecule has 0 atom stereocenters. The van der Waals surface area contributed by atoms with E-state index in [-0.39, 0.29) is 24.2 Å². The third-order valence-electron chi connectivity index (χ3n) is 4.37.